The Morgan fingerprint density at radius 1 is 0.692 bits per heavy atom. The smallest absolute Gasteiger partial charge is 0.421 e. The average Bonchev–Trinajstić information content (AvgIpc) is 2.18. The number of carboxylic acid groups (broad SMARTS) is 1. The van der Waals surface area contributed by atoms with Crippen LogP contribution in [0.15, 0.2) is 11.8 Å². The van der Waals surface area contributed by atoms with Gasteiger partial charge in [-0.2, -0.15) is 52.7 Å². The van der Waals surface area contributed by atoms with Crippen molar-refractivity contribution in [3.63, 3.8) is 0 Å². The van der Waals surface area contributed by atoms with Crippen LogP contribution >= 0.6 is 0 Å². The van der Waals surface area contributed by atoms with Crippen LogP contribution in [0.3, 0.4) is 0 Å². The topological polar surface area (TPSA) is 74.6 Å². The minimum Gasteiger partial charge on any atom is -0.510 e. The molecular weight excluding hydrogens is 412 g/mol. The first-order chi connectivity index (χ1) is 11.1. The van der Waals surface area contributed by atoms with Crippen molar-refractivity contribution in [3.8, 4) is 0 Å². The van der Waals surface area contributed by atoms with Gasteiger partial charge in [0.25, 0.3) is 0 Å². The molecule has 152 valence electrons. The van der Waals surface area contributed by atoms with Crippen molar-refractivity contribution in [1.82, 2.24) is 0 Å². The Morgan fingerprint density at radius 2 is 1.00 bits per heavy atom. The minimum atomic E-state index is -6.98. The Kier molecular flexibility index (Phi) is 5.99. The maximum absolute atomic E-state index is 12.6. The summed E-state index contributed by atoms with van der Waals surface area (Å²) in [5.41, 5.74) is -6.32. The van der Waals surface area contributed by atoms with Crippen molar-refractivity contribution in [2.45, 2.75) is 24.7 Å². The third-order valence-electron chi connectivity index (χ3n) is 2.77. The van der Waals surface area contributed by atoms with Crippen LogP contribution in [0.5, 0.6) is 0 Å². The van der Waals surface area contributed by atoms with E-state index in [0.29, 0.717) is 0 Å². The molecule has 0 spiro atoms. The Labute approximate surface area is 133 Å². The van der Waals surface area contributed by atoms with Crippen molar-refractivity contribution in [1.29, 1.82) is 0 Å². The van der Waals surface area contributed by atoms with E-state index in [1.165, 1.54) is 0 Å². The van der Waals surface area contributed by atoms with Gasteiger partial charge in [-0.3, -0.25) is 9.59 Å². The molecule has 0 rings (SSSR count). The number of allylic oxidation sites excluding steroid dienone is 1. The number of alkyl halides is 12. The number of hydrogen-bond acceptors (Lipinski definition) is 3. The number of carboxylic acids is 1. The van der Waals surface area contributed by atoms with Crippen LogP contribution in [-0.2, 0) is 9.59 Å². The molecule has 0 unspecified atom stereocenters. The molecule has 0 aromatic heterocycles. The van der Waals surface area contributed by atoms with Gasteiger partial charge in [-0.15, -0.1) is 0 Å². The number of hydrogen-bond donors (Lipinski definition) is 2. The molecular formula is C10H4F12O4. The first-order valence-electron chi connectivity index (χ1n) is 5.57. The fourth-order valence-electron chi connectivity index (χ4n) is 1.64. The van der Waals surface area contributed by atoms with E-state index in [4.69, 9.17) is 10.2 Å². The minimum absolute atomic E-state index is 1.71. The highest BCUT2D eigenvalue weighted by atomic mass is 19.4. The number of rotatable bonds is 4. The van der Waals surface area contributed by atoms with Gasteiger partial charge in [0.1, 0.15) is 5.76 Å². The highest BCUT2D eigenvalue weighted by Gasteiger charge is 2.79. The molecule has 16 heteroatoms. The number of halogens is 12. The lowest BCUT2D eigenvalue weighted by Gasteiger charge is -2.32. The molecule has 0 heterocycles. The molecule has 0 aromatic rings. The molecule has 0 radical (unpaired) electrons. The van der Waals surface area contributed by atoms with Gasteiger partial charge in [-0.05, 0) is 0 Å². The largest absolute Gasteiger partial charge is 0.510 e. The summed E-state index contributed by atoms with van der Waals surface area (Å²) in [5.74, 6) is -16.1. The molecule has 0 aliphatic heterocycles. The highest BCUT2D eigenvalue weighted by Crippen LogP contribution is 2.54. The van der Waals surface area contributed by atoms with Gasteiger partial charge in [-0.25, -0.2) is 0 Å². The molecule has 0 aliphatic rings. The van der Waals surface area contributed by atoms with Gasteiger partial charge in [0.2, 0.25) is 5.92 Å². The van der Waals surface area contributed by atoms with E-state index in [2.05, 4.69) is 0 Å². The zero-order chi connectivity index (χ0) is 21.5. The summed E-state index contributed by atoms with van der Waals surface area (Å²) in [5, 5.41) is 17.1. The molecule has 26 heavy (non-hydrogen) atoms. The molecule has 0 saturated heterocycles. The monoisotopic (exact) mass is 416 g/mol. The van der Waals surface area contributed by atoms with E-state index in [1.807, 2.05) is 0 Å². The maximum atomic E-state index is 12.6. The number of aliphatic hydroxyl groups is 1. The molecule has 0 bridgehead atoms. The fraction of sp³-hybridized carbons (Fsp3) is 0.600. The van der Waals surface area contributed by atoms with Crippen LogP contribution in [0.25, 0.3) is 0 Å². The second-order valence-corrected chi connectivity index (χ2v) is 4.50. The van der Waals surface area contributed by atoms with Crippen LogP contribution in [0.2, 0.25) is 0 Å². The Morgan fingerprint density at radius 3 is 1.19 bits per heavy atom. The number of aliphatic carboxylic acids is 1. The molecule has 0 aromatic carbocycles. The summed E-state index contributed by atoms with van der Waals surface area (Å²) < 4.78 is 149. The molecule has 0 saturated carbocycles. The van der Waals surface area contributed by atoms with Gasteiger partial charge in [0.05, 0.1) is 0 Å². The van der Waals surface area contributed by atoms with E-state index in [1.54, 1.807) is 0 Å². The summed E-state index contributed by atoms with van der Waals surface area (Å²) in [6, 6.07) is 0. The maximum Gasteiger partial charge on any atom is 0.421 e. The van der Waals surface area contributed by atoms with Crippen LogP contribution in [-0.4, -0.2) is 46.7 Å². The quantitative estimate of drug-likeness (QED) is 0.414. The van der Waals surface area contributed by atoms with Crippen LogP contribution in [0, 0.1) is 11.3 Å². The summed E-state index contributed by atoms with van der Waals surface area (Å²) >= 11 is 0. The van der Waals surface area contributed by atoms with Crippen molar-refractivity contribution in [2.75, 3.05) is 0 Å². The average molecular weight is 416 g/mol. The van der Waals surface area contributed by atoms with E-state index >= 15 is 0 Å². The molecule has 0 fully saturated rings. The predicted molar refractivity (Wildman–Crippen MR) is 53.5 cm³/mol. The molecule has 2 N–H and O–H groups in total. The third kappa shape index (κ3) is 4.14. The van der Waals surface area contributed by atoms with Crippen molar-refractivity contribution >= 4 is 11.8 Å². The van der Waals surface area contributed by atoms with Crippen molar-refractivity contribution in [3.05, 3.63) is 11.8 Å². The molecule has 4 nitrogen and oxygen atoms in total. The zero-order valence-electron chi connectivity index (χ0n) is 11.4. The Hall–Kier alpha value is -2.16. The second kappa shape index (κ2) is 6.53. The summed E-state index contributed by atoms with van der Waals surface area (Å²) in [7, 11) is 0. The van der Waals surface area contributed by atoms with Crippen LogP contribution in [0.4, 0.5) is 52.7 Å². The van der Waals surface area contributed by atoms with Crippen molar-refractivity contribution in [2.24, 2.45) is 11.3 Å². The normalized spacial score (nSPS) is 15.3. The fourth-order valence-corrected chi connectivity index (χ4v) is 1.64. The van der Waals surface area contributed by atoms with E-state index < -0.39 is 59.6 Å². The van der Waals surface area contributed by atoms with Gasteiger partial charge in [0, 0.05) is 6.08 Å². The lowest BCUT2D eigenvalue weighted by molar-refractivity contribution is -0.324. The zero-order valence-corrected chi connectivity index (χ0v) is 11.4. The number of aliphatic hydroxyl groups excluding tert-OH is 1. The van der Waals surface area contributed by atoms with E-state index in [0.717, 1.165) is 0 Å². The van der Waals surface area contributed by atoms with Gasteiger partial charge in [0.15, 0.2) is 5.78 Å². The summed E-state index contributed by atoms with van der Waals surface area (Å²) in [6.45, 7) is 0. The third-order valence-corrected chi connectivity index (χ3v) is 2.77. The lowest BCUT2D eigenvalue weighted by Crippen LogP contribution is -2.57. The second-order valence-electron chi connectivity index (χ2n) is 4.50. The van der Waals surface area contributed by atoms with Gasteiger partial charge >= 0.3 is 36.1 Å². The Balaban J connectivity index is 6.62. The first kappa shape index (κ1) is 23.8. The SMILES string of the molecule is O=C(C=C(O)C(C(=O)O)(C(F)(F)F)C(F)(F)F)C(C(F)(F)F)C(F)(F)F. The standard InChI is InChI=1S/C10H4F12O4/c11-7(12,13)4(8(14,15)16)2(23)1-3(24)6(5(25)26,9(17,18)19)10(20,21)22/h1,4,24H,(H,25,26). The predicted octanol–water partition coefficient (Wildman–Crippen LogP) is 3.93. The van der Waals surface area contributed by atoms with Gasteiger partial charge < -0.3 is 10.2 Å². The molecule has 0 amide bonds. The van der Waals surface area contributed by atoms with E-state index in [-0.39, 0.29) is 0 Å². The summed E-state index contributed by atoms with van der Waals surface area (Å²) in [4.78, 5) is 21.5. The lowest BCUT2D eigenvalue weighted by atomic mass is 9.82. The summed E-state index contributed by atoms with van der Waals surface area (Å²) in [6.07, 6.45) is -28.7. The molecule has 0 atom stereocenters. The van der Waals surface area contributed by atoms with Gasteiger partial charge in [-0.1, -0.05) is 0 Å². The molecule has 0 aliphatic carbocycles. The number of carbonyl (C=O) groups is 2. The highest BCUT2D eigenvalue weighted by molar-refractivity contribution is 5.95. The van der Waals surface area contributed by atoms with Crippen molar-refractivity contribution < 1.29 is 72.5 Å². The van der Waals surface area contributed by atoms with E-state index in [9.17, 15) is 62.3 Å². The van der Waals surface area contributed by atoms with Crippen LogP contribution in [0.1, 0.15) is 0 Å². The Bertz CT molecular complexity index is 563. The number of ketones is 1. The van der Waals surface area contributed by atoms with Crippen LogP contribution < -0.4 is 0 Å². The first-order valence-corrected chi connectivity index (χ1v) is 5.57. The number of carbonyl (C=O) groups excluding carboxylic acids is 1.